The van der Waals surface area contributed by atoms with Crippen LogP contribution in [-0.4, -0.2) is 35.0 Å². The Kier molecular flexibility index (Phi) is 11.6. The number of allylic oxidation sites excluding steroid dienone is 1. The molecule has 0 saturated heterocycles. The van der Waals surface area contributed by atoms with Gasteiger partial charge in [0.1, 0.15) is 7.14 Å². The molecule has 1 saturated carbocycles. The van der Waals surface area contributed by atoms with Gasteiger partial charge in [-0.3, -0.25) is 0 Å². The van der Waals surface area contributed by atoms with Crippen molar-refractivity contribution in [3.8, 4) is 0 Å². The van der Waals surface area contributed by atoms with Gasteiger partial charge in [-0.2, -0.15) is 0 Å². The first-order valence-electron chi connectivity index (χ1n) is 16.3. The molecule has 3 nitrogen and oxygen atoms in total. The SMILES string of the molecule is C=C1/C(=C\CP(=O)(c2ccccc2)c2ccccc2)C[C@@H](O[Si](C)(C)C(C)(C)C)[C@H](CCCC)[C@@H]1O[Si](C)(C)C(C)(C)C. The summed E-state index contributed by atoms with van der Waals surface area (Å²) in [7, 11) is -7.10. The second-order valence-electron chi connectivity index (χ2n) is 15.6. The van der Waals surface area contributed by atoms with Gasteiger partial charge in [-0.15, -0.1) is 0 Å². The van der Waals surface area contributed by atoms with Crippen LogP contribution in [0.25, 0.3) is 0 Å². The van der Waals surface area contributed by atoms with Crippen LogP contribution in [0.4, 0.5) is 0 Å². The quantitative estimate of drug-likeness (QED) is 0.181. The largest absolute Gasteiger partial charge is 0.413 e. The summed E-state index contributed by atoms with van der Waals surface area (Å²) < 4.78 is 29.5. The molecule has 3 rings (SSSR count). The lowest BCUT2D eigenvalue weighted by Crippen LogP contribution is -2.53. The van der Waals surface area contributed by atoms with E-state index in [9.17, 15) is 4.57 Å². The lowest BCUT2D eigenvalue weighted by atomic mass is 9.76. The van der Waals surface area contributed by atoms with E-state index in [0.717, 1.165) is 47.4 Å². The molecule has 0 radical (unpaired) electrons. The van der Waals surface area contributed by atoms with Crippen LogP contribution < -0.4 is 10.6 Å². The lowest BCUT2D eigenvalue weighted by molar-refractivity contribution is 0.0254. The lowest BCUT2D eigenvalue weighted by Gasteiger charge is -2.49. The van der Waals surface area contributed by atoms with Crippen molar-refractivity contribution in [2.24, 2.45) is 5.92 Å². The van der Waals surface area contributed by atoms with E-state index in [2.05, 4.69) is 80.7 Å². The maximum atomic E-state index is 14.9. The van der Waals surface area contributed by atoms with E-state index in [-0.39, 0.29) is 28.2 Å². The van der Waals surface area contributed by atoms with Crippen LogP contribution in [0.3, 0.4) is 0 Å². The molecule has 1 aliphatic rings. The topological polar surface area (TPSA) is 35.5 Å². The second kappa shape index (κ2) is 13.9. The molecule has 1 aliphatic carbocycles. The molecular weight excluding hydrogens is 580 g/mol. The van der Waals surface area contributed by atoms with Crippen LogP contribution in [0, 0.1) is 5.92 Å². The Labute approximate surface area is 266 Å². The second-order valence-corrected chi connectivity index (χ2v) is 28.0. The van der Waals surface area contributed by atoms with Crippen molar-refractivity contribution >= 4 is 34.4 Å². The summed E-state index contributed by atoms with van der Waals surface area (Å²) in [5.74, 6) is 0.253. The molecule has 0 bridgehead atoms. The van der Waals surface area contributed by atoms with Crippen LogP contribution in [0.15, 0.2) is 84.5 Å². The van der Waals surface area contributed by atoms with Gasteiger partial charge in [-0.05, 0) is 60.3 Å². The van der Waals surface area contributed by atoms with E-state index in [4.69, 9.17) is 15.4 Å². The molecule has 238 valence electrons. The number of rotatable bonds is 11. The zero-order valence-electron chi connectivity index (χ0n) is 29.0. The van der Waals surface area contributed by atoms with Crippen molar-refractivity contribution in [3.05, 3.63) is 84.5 Å². The molecule has 0 heterocycles. The maximum Gasteiger partial charge on any atom is 0.192 e. The predicted molar refractivity (Wildman–Crippen MR) is 194 cm³/mol. The molecule has 0 amide bonds. The summed E-state index contributed by atoms with van der Waals surface area (Å²) in [6.45, 7) is 30.3. The Bertz CT molecular complexity index is 1240. The van der Waals surface area contributed by atoms with Gasteiger partial charge in [-0.1, -0.05) is 135 Å². The van der Waals surface area contributed by atoms with E-state index < -0.39 is 23.8 Å². The van der Waals surface area contributed by atoms with Gasteiger partial charge in [0.2, 0.25) is 0 Å². The smallest absolute Gasteiger partial charge is 0.192 e. The van der Waals surface area contributed by atoms with Crippen molar-refractivity contribution in [1.82, 2.24) is 0 Å². The normalized spacial score (nSPS) is 21.8. The summed E-state index contributed by atoms with van der Waals surface area (Å²) in [5, 5.41) is 1.97. The van der Waals surface area contributed by atoms with Crippen molar-refractivity contribution in [1.29, 1.82) is 0 Å². The fourth-order valence-electron chi connectivity index (χ4n) is 5.40. The molecule has 2 aromatic carbocycles. The highest BCUT2D eigenvalue weighted by Gasteiger charge is 2.48. The molecular formula is C37H59O3PSi2. The van der Waals surface area contributed by atoms with Crippen molar-refractivity contribution in [3.63, 3.8) is 0 Å². The van der Waals surface area contributed by atoms with E-state index in [1.165, 1.54) is 0 Å². The summed E-state index contributed by atoms with van der Waals surface area (Å²) in [6.07, 6.45) is 6.76. The van der Waals surface area contributed by atoms with E-state index >= 15 is 0 Å². The van der Waals surface area contributed by atoms with Gasteiger partial charge in [0.05, 0.1) is 12.2 Å². The fraction of sp³-hybridized carbons (Fsp3) is 0.568. The molecule has 0 spiro atoms. The Morgan fingerprint density at radius 1 is 0.837 bits per heavy atom. The Balaban J connectivity index is 2.13. The van der Waals surface area contributed by atoms with Crippen LogP contribution in [0.5, 0.6) is 0 Å². The highest BCUT2D eigenvalue weighted by atomic mass is 31.2. The van der Waals surface area contributed by atoms with Crippen LogP contribution in [-0.2, 0) is 13.4 Å². The molecule has 2 aromatic rings. The highest BCUT2D eigenvalue weighted by Crippen LogP contribution is 2.49. The Morgan fingerprint density at radius 3 is 1.74 bits per heavy atom. The van der Waals surface area contributed by atoms with Crippen LogP contribution in [0.2, 0.25) is 36.3 Å². The van der Waals surface area contributed by atoms with Gasteiger partial charge in [0, 0.05) is 22.7 Å². The Hall–Kier alpha value is -1.50. The average molecular weight is 639 g/mol. The molecule has 6 heteroatoms. The number of hydrogen-bond acceptors (Lipinski definition) is 3. The van der Waals surface area contributed by atoms with Crippen molar-refractivity contribution < 1.29 is 13.4 Å². The summed E-state index contributed by atoms with van der Waals surface area (Å²) in [5.41, 5.74) is 2.22. The average Bonchev–Trinajstić information content (AvgIpc) is 2.93. The van der Waals surface area contributed by atoms with Crippen molar-refractivity contribution in [2.75, 3.05) is 6.16 Å². The van der Waals surface area contributed by atoms with Gasteiger partial charge < -0.3 is 13.4 Å². The zero-order chi connectivity index (χ0) is 32.3. The molecule has 0 aliphatic heterocycles. The molecule has 0 N–H and O–H groups in total. The summed E-state index contributed by atoms with van der Waals surface area (Å²) in [6, 6.07) is 20.0. The third-order valence-electron chi connectivity index (χ3n) is 10.4. The number of hydrogen-bond donors (Lipinski definition) is 0. The molecule has 0 unspecified atom stereocenters. The van der Waals surface area contributed by atoms with Crippen LogP contribution in [0.1, 0.15) is 74.1 Å². The first kappa shape index (κ1) is 36.0. The third kappa shape index (κ3) is 8.41. The number of benzene rings is 2. The summed E-state index contributed by atoms with van der Waals surface area (Å²) in [4.78, 5) is 0. The number of unbranched alkanes of at least 4 members (excludes halogenated alkanes) is 1. The van der Waals surface area contributed by atoms with Gasteiger partial charge >= 0.3 is 0 Å². The van der Waals surface area contributed by atoms with Gasteiger partial charge in [-0.25, -0.2) is 0 Å². The monoisotopic (exact) mass is 638 g/mol. The first-order chi connectivity index (χ1) is 19.8. The Morgan fingerprint density at radius 2 is 1.30 bits per heavy atom. The molecule has 43 heavy (non-hydrogen) atoms. The van der Waals surface area contributed by atoms with Gasteiger partial charge in [0.25, 0.3) is 0 Å². The molecule has 0 aromatic heterocycles. The van der Waals surface area contributed by atoms with E-state index in [1.54, 1.807) is 0 Å². The summed E-state index contributed by atoms with van der Waals surface area (Å²) >= 11 is 0. The standard InChI is InChI=1S/C37H59O3PSi2/c1-13-14-25-33-34(39-42(9,10)36(3,4)5)28-30(29(2)35(33)40-43(11,12)37(6,7)8)26-27-41(38,31-21-17-15-18-22-31)32-23-19-16-20-24-32/h15-24,26,33-35H,2,13-14,25,27-28H2,1,3-12H3/b30-26-/t33-,34+,35+/m0/s1. The first-order valence-corrected chi connectivity index (χ1v) is 24.0. The highest BCUT2D eigenvalue weighted by molar-refractivity contribution is 7.78. The fourth-order valence-corrected chi connectivity index (χ4v) is 10.6. The zero-order valence-corrected chi connectivity index (χ0v) is 31.9. The minimum Gasteiger partial charge on any atom is -0.413 e. The predicted octanol–water partition coefficient (Wildman–Crippen LogP) is 10.5. The minimum atomic E-state index is -2.91. The maximum absolute atomic E-state index is 14.9. The molecule has 3 atom stereocenters. The van der Waals surface area contributed by atoms with Crippen molar-refractivity contribution in [2.45, 2.75) is 123 Å². The van der Waals surface area contributed by atoms with E-state index in [0.29, 0.717) is 6.16 Å². The minimum absolute atomic E-state index is 0.0480. The van der Waals surface area contributed by atoms with Gasteiger partial charge in [0.15, 0.2) is 16.6 Å². The third-order valence-corrected chi connectivity index (χ3v) is 22.3. The van der Waals surface area contributed by atoms with E-state index in [1.807, 2.05) is 60.7 Å². The molecule has 1 fully saturated rings. The van der Waals surface area contributed by atoms with Crippen LogP contribution >= 0.6 is 7.14 Å².